The first-order chi connectivity index (χ1) is 9.40. The molecule has 2 rings (SSSR count). The molecule has 5 heteroatoms. The summed E-state index contributed by atoms with van der Waals surface area (Å²) in [5.74, 6) is -0.935. The molecule has 1 aromatic carbocycles. The van der Waals surface area contributed by atoms with Crippen LogP contribution in [0, 0.1) is 20.8 Å². The number of likely N-dealkylation sites (tertiary alicyclic amines) is 1. The number of benzene rings is 1. The van der Waals surface area contributed by atoms with Crippen molar-refractivity contribution < 1.29 is 14.7 Å². The number of hydrogen-bond donors (Lipinski definition) is 2. The van der Waals surface area contributed by atoms with E-state index in [1.54, 1.807) is 0 Å². The summed E-state index contributed by atoms with van der Waals surface area (Å²) in [6.07, 6.45) is 1.25. The summed E-state index contributed by atoms with van der Waals surface area (Å²) in [6, 6.07) is 2.97. The summed E-state index contributed by atoms with van der Waals surface area (Å²) >= 11 is 0. The van der Waals surface area contributed by atoms with Crippen LogP contribution in [-0.4, -0.2) is 34.6 Å². The molecular formula is C15H20N2O3. The number of nitrogens with one attached hydrogen (secondary N) is 1. The Morgan fingerprint density at radius 2 is 1.85 bits per heavy atom. The van der Waals surface area contributed by atoms with Crippen molar-refractivity contribution in [3.63, 3.8) is 0 Å². The minimum atomic E-state index is -0.935. The Hall–Kier alpha value is -2.04. The summed E-state index contributed by atoms with van der Waals surface area (Å²) < 4.78 is 0. The molecule has 0 aromatic heterocycles. The number of carbonyl (C=O) groups excluding carboxylic acids is 1. The molecule has 0 radical (unpaired) electrons. The van der Waals surface area contributed by atoms with Gasteiger partial charge in [0, 0.05) is 12.2 Å². The minimum Gasteiger partial charge on any atom is -0.480 e. The lowest BCUT2D eigenvalue weighted by Crippen LogP contribution is -2.43. The number of aryl methyl sites for hydroxylation is 3. The molecule has 2 N–H and O–H groups in total. The van der Waals surface area contributed by atoms with Gasteiger partial charge in [-0.2, -0.15) is 0 Å². The van der Waals surface area contributed by atoms with E-state index in [2.05, 4.69) is 5.32 Å². The molecule has 0 saturated carbocycles. The van der Waals surface area contributed by atoms with E-state index in [9.17, 15) is 9.59 Å². The van der Waals surface area contributed by atoms with Gasteiger partial charge in [0.2, 0.25) is 0 Å². The number of nitrogens with zero attached hydrogens (tertiary/aromatic N) is 1. The van der Waals surface area contributed by atoms with Gasteiger partial charge in [-0.15, -0.1) is 0 Å². The van der Waals surface area contributed by atoms with E-state index < -0.39 is 12.0 Å². The van der Waals surface area contributed by atoms with Crippen LogP contribution in [-0.2, 0) is 4.79 Å². The Morgan fingerprint density at radius 1 is 1.25 bits per heavy atom. The second-order valence-corrected chi connectivity index (χ2v) is 5.39. The number of carbonyl (C=O) groups is 2. The molecule has 108 valence electrons. The predicted molar refractivity (Wildman–Crippen MR) is 77.0 cm³/mol. The van der Waals surface area contributed by atoms with Gasteiger partial charge in [0.1, 0.15) is 6.04 Å². The molecule has 1 aromatic rings. The van der Waals surface area contributed by atoms with Gasteiger partial charge in [0.05, 0.1) is 0 Å². The molecule has 1 heterocycles. The van der Waals surface area contributed by atoms with Gasteiger partial charge in [-0.3, -0.25) is 0 Å². The molecule has 1 aliphatic heterocycles. The SMILES string of the molecule is Cc1cc(C)c(NC(=O)N2CCC[C@@H]2C(=O)O)c(C)c1. The van der Waals surface area contributed by atoms with E-state index in [4.69, 9.17) is 5.11 Å². The maximum atomic E-state index is 12.3. The van der Waals surface area contributed by atoms with Gasteiger partial charge < -0.3 is 15.3 Å². The van der Waals surface area contributed by atoms with E-state index >= 15 is 0 Å². The van der Waals surface area contributed by atoms with Crippen LogP contribution in [0.15, 0.2) is 12.1 Å². The normalized spacial score (nSPS) is 18.1. The first kappa shape index (κ1) is 14.4. The van der Waals surface area contributed by atoms with Gasteiger partial charge in [0.15, 0.2) is 0 Å². The molecule has 1 saturated heterocycles. The van der Waals surface area contributed by atoms with Crippen molar-refractivity contribution in [3.05, 3.63) is 28.8 Å². The average molecular weight is 276 g/mol. The van der Waals surface area contributed by atoms with Crippen LogP contribution in [0.3, 0.4) is 0 Å². The van der Waals surface area contributed by atoms with Crippen LogP contribution in [0.5, 0.6) is 0 Å². The van der Waals surface area contributed by atoms with Crippen LogP contribution in [0.2, 0.25) is 0 Å². The maximum absolute atomic E-state index is 12.3. The number of aliphatic carboxylic acids is 1. The fraction of sp³-hybridized carbons (Fsp3) is 0.467. The van der Waals surface area contributed by atoms with Gasteiger partial charge in [0.25, 0.3) is 0 Å². The first-order valence-corrected chi connectivity index (χ1v) is 6.78. The van der Waals surface area contributed by atoms with Gasteiger partial charge in [-0.25, -0.2) is 9.59 Å². The molecule has 1 aliphatic rings. The lowest BCUT2D eigenvalue weighted by atomic mass is 10.1. The van der Waals surface area contributed by atoms with Gasteiger partial charge in [-0.1, -0.05) is 17.7 Å². The number of carboxylic acid groups (broad SMARTS) is 1. The Kier molecular flexibility index (Phi) is 3.97. The zero-order valence-corrected chi connectivity index (χ0v) is 12.1. The molecule has 0 bridgehead atoms. The number of hydrogen-bond acceptors (Lipinski definition) is 2. The average Bonchev–Trinajstić information content (AvgIpc) is 2.82. The topological polar surface area (TPSA) is 69.6 Å². The highest BCUT2D eigenvalue weighted by Gasteiger charge is 2.34. The largest absolute Gasteiger partial charge is 0.480 e. The molecule has 1 fully saturated rings. The predicted octanol–water partition coefficient (Wildman–Crippen LogP) is 2.69. The monoisotopic (exact) mass is 276 g/mol. The Bertz CT molecular complexity index is 531. The fourth-order valence-electron chi connectivity index (χ4n) is 2.82. The van der Waals surface area contributed by atoms with Crippen molar-refractivity contribution in [2.24, 2.45) is 0 Å². The highest BCUT2D eigenvalue weighted by molar-refractivity contribution is 5.94. The third-order valence-electron chi connectivity index (χ3n) is 3.71. The van der Waals surface area contributed by atoms with Gasteiger partial charge >= 0.3 is 12.0 Å². The van der Waals surface area contributed by atoms with E-state index in [0.717, 1.165) is 28.8 Å². The number of anilines is 1. The van der Waals surface area contributed by atoms with Crippen LogP contribution in [0.25, 0.3) is 0 Å². The van der Waals surface area contributed by atoms with Crippen molar-refractivity contribution in [3.8, 4) is 0 Å². The minimum absolute atomic E-state index is 0.329. The molecule has 20 heavy (non-hydrogen) atoms. The summed E-state index contributed by atoms with van der Waals surface area (Å²) in [4.78, 5) is 24.8. The molecule has 5 nitrogen and oxygen atoms in total. The first-order valence-electron chi connectivity index (χ1n) is 6.78. The van der Waals surface area contributed by atoms with Gasteiger partial charge in [-0.05, 0) is 44.7 Å². The number of carboxylic acids is 1. The van der Waals surface area contributed by atoms with Crippen molar-refractivity contribution in [1.82, 2.24) is 4.90 Å². The molecule has 2 amide bonds. The van der Waals surface area contributed by atoms with Crippen molar-refractivity contribution in [2.75, 3.05) is 11.9 Å². The van der Waals surface area contributed by atoms with Crippen LogP contribution >= 0.6 is 0 Å². The van der Waals surface area contributed by atoms with E-state index in [1.165, 1.54) is 4.90 Å². The third kappa shape index (κ3) is 2.76. The van der Waals surface area contributed by atoms with E-state index in [-0.39, 0.29) is 6.03 Å². The second-order valence-electron chi connectivity index (χ2n) is 5.39. The summed E-state index contributed by atoms with van der Waals surface area (Å²) in [7, 11) is 0. The summed E-state index contributed by atoms with van der Waals surface area (Å²) in [6.45, 7) is 6.38. The smallest absolute Gasteiger partial charge is 0.326 e. The number of amides is 2. The van der Waals surface area contributed by atoms with E-state index in [1.807, 2.05) is 32.9 Å². The number of urea groups is 1. The third-order valence-corrected chi connectivity index (χ3v) is 3.71. The molecular weight excluding hydrogens is 256 g/mol. The Morgan fingerprint density at radius 3 is 2.40 bits per heavy atom. The molecule has 1 atom stereocenters. The maximum Gasteiger partial charge on any atom is 0.326 e. The summed E-state index contributed by atoms with van der Waals surface area (Å²) in [5, 5.41) is 12.0. The second kappa shape index (κ2) is 5.53. The molecule has 0 spiro atoms. The lowest BCUT2D eigenvalue weighted by Gasteiger charge is -2.23. The zero-order chi connectivity index (χ0) is 14.9. The van der Waals surface area contributed by atoms with Crippen molar-refractivity contribution >= 4 is 17.7 Å². The van der Waals surface area contributed by atoms with Crippen LogP contribution < -0.4 is 5.32 Å². The lowest BCUT2D eigenvalue weighted by molar-refractivity contribution is -0.141. The van der Waals surface area contributed by atoms with Crippen LogP contribution in [0.4, 0.5) is 10.5 Å². The quantitative estimate of drug-likeness (QED) is 0.872. The standard InChI is InChI=1S/C15H20N2O3/c1-9-7-10(2)13(11(3)8-9)16-15(20)17-6-4-5-12(17)14(18)19/h7-8,12H,4-6H2,1-3H3,(H,16,20)(H,18,19)/t12-/m1/s1. The van der Waals surface area contributed by atoms with Crippen LogP contribution in [0.1, 0.15) is 29.5 Å². The highest BCUT2D eigenvalue weighted by atomic mass is 16.4. The fourth-order valence-corrected chi connectivity index (χ4v) is 2.82. The van der Waals surface area contributed by atoms with Crippen molar-refractivity contribution in [1.29, 1.82) is 0 Å². The summed E-state index contributed by atoms with van der Waals surface area (Å²) in [5.41, 5.74) is 3.89. The molecule has 0 unspecified atom stereocenters. The zero-order valence-electron chi connectivity index (χ0n) is 12.1. The number of rotatable bonds is 2. The highest BCUT2D eigenvalue weighted by Crippen LogP contribution is 2.24. The Balaban J connectivity index is 2.18. The van der Waals surface area contributed by atoms with E-state index in [0.29, 0.717) is 13.0 Å². The Labute approximate surface area is 118 Å². The van der Waals surface area contributed by atoms with Crippen molar-refractivity contribution in [2.45, 2.75) is 39.7 Å². The molecule has 0 aliphatic carbocycles.